The first-order chi connectivity index (χ1) is 8.86. The molecule has 96 valence electrons. The molecule has 0 aliphatic heterocycles. The average Bonchev–Trinajstić information content (AvgIpc) is 2.90. The molecule has 1 aliphatic rings. The summed E-state index contributed by atoms with van der Waals surface area (Å²) in [6.07, 6.45) is 6.83. The summed E-state index contributed by atoms with van der Waals surface area (Å²) in [5.74, 6) is 2.63. The van der Waals surface area contributed by atoms with E-state index in [1.54, 1.807) is 12.4 Å². The number of hydrogen-bond donors (Lipinski definition) is 2. The summed E-state index contributed by atoms with van der Waals surface area (Å²) in [5, 5.41) is 7.43. The molecule has 0 radical (unpaired) electrons. The van der Waals surface area contributed by atoms with Crippen LogP contribution in [0.1, 0.15) is 25.7 Å². The average molecular weight is 247 g/mol. The van der Waals surface area contributed by atoms with Gasteiger partial charge < -0.3 is 14.8 Å². The number of aromatic amines is 1. The fourth-order valence-electron chi connectivity index (χ4n) is 2.18. The van der Waals surface area contributed by atoms with E-state index in [1.807, 2.05) is 0 Å². The Hall–Kier alpha value is -1.69. The first-order valence-electron chi connectivity index (χ1n) is 6.42. The summed E-state index contributed by atoms with van der Waals surface area (Å²) in [7, 11) is 0. The molecule has 1 unspecified atom stereocenters. The van der Waals surface area contributed by atoms with E-state index < -0.39 is 0 Å². The van der Waals surface area contributed by atoms with Gasteiger partial charge in [-0.15, -0.1) is 0 Å². The van der Waals surface area contributed by atoms with Crippen LogP contribution < -0.4 is 5.32 Å². The van der Waals surface area contributed by atoms with Gasteiger partial charge in [0.25, 0.3) is 0 Å². The molecule has 0 aromatic carbocycles. The smallest absolute Gasteiger partial charge is 0.238 e. The van der Waals surface area contributed by atoms with Crippen LogP contribution >= 0.6 is 0 Å². The van der Waals surface area contributed by atoms with Crippen LogP contribution in [-0.4, -0.2) is 32.7 Å². The first kappa shape index (κ1) is 11.4. The monoisotopic (exact) mass is 247 g/mol. The van der Waals surface area contributed by atoms with Crippen molar-refractivity contribution in [2.45, 2.75) is 32.2 Å². The highest BCUT2D eigenvalue weighted by Gasteiger charge is 2.32. The molecule has 6 heteroatoms. The van der Waals surface area contributed by atoms with Gasteiger partial charge in [0.2, 0.25) is 11.7 Å². The van der Waals surface area contributed by atoms with E-state index in [1.165, 1.54) is 12.8 Å². The maximum Gasteiger partial charge on any atom is 0.238 e. The standard InChI is InChI=1S/C12H17N5O/c1-2-13-9(8-3-4-8)7-10-16-12(17-18-10)11-14-5-6-15-11/h5-6,8-9,13H,2-4,7H2,1H3,(H,14,15). The van der Waals surface area contributed by atoms with Gasteiger partial charge in [0, 0.05) is 24.9 Å². The van der Waals surface area contributed by atoms with Gasteiger partial charge in [-0.3, -0.25) is 0 Å². The van der Waals surface area contributed by atoms with Crippen molar-refractivity contribution in [3.8, 4) is 11.6 Å². The van der Waals surface area contributed by atoms with Crippen LogP contribution in [-0.2, 0) is 6.42 Å². The second kappa shape index (κ2) is 4.89. The fourth-order valence-corrected chi connectivity index (χ4v) is 2.18. The molecule has 1 aliphatic carbocycles. The molecule has 3 rings (SSSR count). The third kappa shape index (κ3) is 2.43. The highest BCUT2D eigenvalue weighted by atomic mass is 16.5. The molecule has 18 heavy (non-hydrogen) atoms. The van der Waals surface area contributed by atoms with Gasteiger partial charge in [-0.05, 0) is 25.3 Å². The summed E-state index contributed by atoms with van der Waals surface area (Å²) in [6, 6.07) is 0.458. The van der Waals surface area contributed by atoms with E-state index >= 15 is 0 Å². The maximum atomic E-state index is 5.28. The summed E-state index contributed by atoms with van der Waals surface area (Å²) < 4.78 is 5.28. The van der Waals surface area contributed by atoms with Gasteiger partial charge in [0.1, 0.15) is 0 Å². The lowest BCUT2D eigenvalue weighted by atomic mass is 10.1. The minimum Gasteiger partial charge on any atom is -0.342 e. The van der Waals surface area contributed by atoms with Crippen molar-refractivity contribution in [3.63, 3.8) is 0 Å². The van der Waals surface area contributed by atoms with Gasteiger partial charge >= 0.3 is 0 Å². The van der Waals surface area contributed by atoms with Crippen molar-refractivity contribution in [3.05, 3.63) is 18.3 Å². The summed E-state index contributed by atoms with van der Waals surface area (Å²) in [6.45, 7) is 3.10. The van der Waals surface area contributed by atoms with Crippen molar-refractivity contribution in [1.29, 1.82) is 0 Å². The van der Waals surface area contributed by atoms with Crippen molar-refractivity contribution in [2.24, 2.45) is 5.92 Å². The van der Waals surface area contributed by atoms with E-state index in [9.17, 15) is 0 Å². The predicted octanol–water partition coefficient (Wildman–Crippen LogP) is 1.39. The number of H-pyrrole nitrogens is 1. The Kier molecular flexibility index (Phi) is 3.10. The third-order valence-corrected chi connectivity index (χ3v) is 3.23. The van der Waals surface area contributed by atoms with Crippen molar-refractivity contribution >= 4 is 0 Å². The molecule has 2 aromatic heterocycles. The zero-order valence-corrected chi connectivity index (χ0v) is 10.4. The van der Waals surface area contributed by atoms with Gasteiger partial charge in [0.05, 0.1) is 0 Å². The quantitative estimate of drug-likeness (QED) is 0.806. The molecule has 2 aromatic rings. The zero-order valence-electron chi connectivity index (χ0n) is 10.4. The SMILES string of the molecule is CCNC(Cc1nc(-c2ncc[nH]2)no1)C1CC1. The number of rotatable bonds is 6. The van der Waals surface area contributed by atoms with Crippen LogP contribution in [0, 0.1) is 5.92 Å². The second-order valence-electron chi connectivity index (χ2n) is 4.66. The molecular weight excluding hydrogens is 230 g/mol. The number of likely N-dealkylation sites (N-methyl/N-ethyl adjacent to an activating group) is 1. The van der Waals surface area contributed by atoms with E-state index in [0.29, 0.717) is 23.6 Å². The molecule has 0 amide bonds. The maximum absolute atomic E-state index is 5.28. The van der Waals surface area contributed by atoms with Gasteiger partial charge in [-0.1, -0.05) is 12.1 Å². The lowest BCUT2D eigenvalue weighted by Crippen LogP contribution is -2.33. The van der Waals surface area contributed by atoms with Crippen molar-refractivity contribution < 1.29 is 4.52 Å². The molecular formula is C12H17N5O. The number of hydrogen-bond acceptors (Lipinski definition) is 5. The lowest BCUT2D eigenvalue weighted by molar-refractivity contribution is 0.348. The zero-order chi connectivity index (χ0) is 12.4. The molecule has 0 spiro atoms. The molecule has 6 nitrogen and oxygen atoms in total. The molecule has 0 saturated heterocycles. The minimum absolute atomic E-state index is 0.458. The Morgan fingerprint density at radius 1 is 1.56 bits per heavy atom. The van der Waals surface area contributed by atoms with Crippen molar-refractivity contribution in [2.75, 3.05) is 6.54 Å². The Bertz CT molecular complexity index is 488. The van der Waals surface area contributed by atoms with Crippen LogP contribution in [0.2, 0.25) is 0 Å². The van der Waals surface area contributed by atoms with E-state index in [-0.39, 0.29) is 0 Å². The summed E-state index contributed by atoms with van der Waals surface area (Å²) in [4.78, 5) is 11.4. The third-order valence-electron chi connectivity index (χ3n) is 3.23. The van der Waals surface area contributed by atoms with Gasteiger partial charge in [-0.25, -0.2) is 4.98 Å². The van der Waals surface area contributed by atoms with Crippen LogP contribution in [0.25, 0.3) is 11.6 Å². The Labute approximate surface area is 105 Å². The molecule has 0 bridgehead atoms. The second-order valence-corrected chi connectivity index (χ2v) is 4.66. The molecule has 2 N–H and O–H groups in total. The molecule has 1 fully saturated rings. The Morgan fingerprint density at radius 3 is 3.11 bits per heavy atom. The lowest BCUT2D eigenvalue weighted by Gasteiger charge is -2.14. The minimum atomic E-state index is 0.458. The van der Waals surface area contributed by atoms with Crippen molar-refractivity contribution in [1.82, 2.24) is 25.4 Å². The number of imidazole rings is 1. The number of aromatic nitrogens is 4. The Morgan fingerprint density at radius 2 is 2.44 bits per heavy atom. The normalized spacial score (nSPS) is 16.9. The highest BCUT2D eigenvalue weighted by molar-refractivity contribution is 5.40. The van der Waals surface area contributed by atoms with E-state index in [4.69, 9.17) is 4.52 Å². The fraction of sp³-hybridized carbons (Fsp3) is 0.583. The topological polar surface area (TPSA) is 79.6 Å². The largest absolute Gasteiger partial charge is 0.342 e. The van der Waals surface area contributed by atoms with Gasteiger partial charge in [0.15, 0.2) is 5.82 Å². The molecule has 1 atom stereocenters. The first-order valence-corrected chi connectivity index (χ1v) is 6.42. The number of nitrogens with one attached hydrogen (secondary N) is 2. The van der Waals surface area contributed by atoms with Crippen LogP contribution in [0.15, 0.2) is 16.9 Å². The van der Waals surface area contributed by atoms with Crippen LogP contribution in [0.5, 0.6) is 0 Å². The van der Waals surface area contributed by atoms with Crippen LogP contribution in [0.3, 0.4) is 0 Å². The predicted molar refractivity (Wildman–Crippen MR) is 65.8 cm³/mol. The van der Waals surface area contributed by atoms with Gasteiger partial charge in [-0.2, -0.15) is 4.98 Å². The summed E-state index contributed by atoms with van der Waals surface area (Å²) >= 11 is 0. The summed E-state index contributed by atoms with van der Waals surface area (Å²) in [5.41, 5.74) is 0. The Balaban J connectivity index is 1.69. The highest BCUT2D eigenvalue weighted by Crippen LogP contribution is 2.34. The molecule has 1 saturated carbocycles. The van der Waals surface area contributed by atoms with E-state index in [2.05, 4.69) is 32.3 Å². The number of nitrogens with zero attached hydrogens (tertiary/aromatic N) is 3. The van der Waals surface area contributed by atoms with Crippen LogP contribution in [0.4, 0.5) is 0 Å². The molecule has 2 heterocycles. The van der Waals surface area contributed by atoms with E-state index in [0.717, 1.165) is 18.9 Å².